The Morgan fingerprint density at radius 3 is 2.50 bits per heavy atom. The van der Waals surface area contributed by atoms with E-state index in [1.807, 2.05) is 0 Å². The van der Waals surface area contributed by atoms with Crippen molar-refractivity contribution in [2.75, 3.05) is 0 Å². The summed E-state index contributed by atoms with van der Waals surface area (Å²) in [5, 5.41) is 12.6. The van der Waals surface area contributed by atoms with E-state index in [2.05, 4.69) is 5.10 Å². The van der Waals surface area contributed by atoms with E-state index in [-0.39, 0.29) is 22.9 Å². The zero-order valence-electron chi connectivity index (χ0n) is 11.3. The van der Waals surface area contributed by atoms with Crippen molar-refractivity contribution in [3.63, 3.8) is 0 Å². The molecule has 0 unspecified atom stereocenters. The minimum atomic E-state index is -1.24. The number of aromatic nitrogens is 2. The molecular formula is C14H14F2N2O2. The third-order valence-electron chi connectivity index (χ3n) is 3.10. The molecule has 1 aromatic heterocycles. The van der Waals surface area contributed by atoms with Crippen LogP contribution in [0.1, 0.15) is 35.8 Å². The van der Waals surface area contributed by atoms with Crippen molar-refractivity contribution in [2.45, 2.75) is 19.8 Å². The van der Waals surface area contributed by atoms with Crippen LogP contribution in [0.4, 0.5) is 8.78 Å². The Morgan fingerprint density at radius 2 is 2.00 bits per heavy atom. The molecule has 2 rings (SSSR count). The first-order valence-corrected chi connectivity index (χ1v) is 6.08. The first kappa shape index (κ1) is 14.2. The summed E-state index contributed by atoms with van der Waals surface area (Å²) in [4.78, 5) is 10.9. The number of benzene rings is 1. The van der Waals surface area contributed by atoms with Crippen LogP contribution in [0.5, 0.6) is 0 Å². The van der Waals surface area contributed by atoms with Crippen LogP contribution in [0.15, 0.2) is 18.2 Å². The lowest BCUT2D eigenvalue weighted by atomic mass is 9.98. The number of aromatic carboxylic acids is 1. The van der Waals surface area contributed by atoms with Crippen molar-refractivity contribution in [2.24, 2.45) is 7.05 Å². The number of rotatable bonds is 3. The third-order valence-corrected chi connectivity index (χ3v) is 3.10. The molecule has 0 aliphatic heterocycles. The second kappa shape index (κ2) is 5.03. The van der Waals surface area contributed by atoms with Crippen LogP contribution < -0.4 is 0 Å². The highest BCUT2D eigenvalue weighted by Gasteiger charge is 2.21. The number of aryl methyl sites for hydroxylation is 1. The zero-order valence-corrected chi connectivity index (χ0v) is 11.3. The molecule has 0 spiro atoms. The smallest absolute Gasteiger partial charge is 0.356 e. The molecular weight excluding hydrogens is 266 g/mol. The Labute approximate surface area is 114 Å². The minimum Gasteiger partial charge on any atom is -0.476 e. The van der Waals surface area contributed by atoms with E-state index >= 15 is 0 Å². The van der Waals surface area contributed by atoms with Gasteiger partial charge in [0.2, 0.25) is 0 Å². The normalized spacial score (nSPS) is 11.1. The fourth-order valence-electron chi connectivity index (χ4n) is 2.06. The summed E-state index contributed by atoms with van der Waals surface area (Å²) >= 11 is 0. The van der Waals surface area contributed by atoms with Crippen LogP contribution in [-0.2, 0) is 7.05 Å². The van der Waals surface area contributed by atoms with Crippen molar-refractivity contribution in [1.82, 2.24) is 9.78 Å². The summed E-state index contributed by atoms with van der Waals surface area (Å²) in [7, 11) is 1.45. The summed E-state index contributed by atoms with van der Waals surface area (Å²) in [6.07, 6.45) is 0. The molecule has 20 heavy (non-hydrogen) atoms. The van der Waals surface area contributed by atoms with Gasteiger partial charge in [-0.15, -0.1) is 0 Å². The molecule has 0 saturated heterocycles. The Kier molecular flexibility index (Phi) is 3.57. The van der Waals surface area contributed by atoms with Crippen molar-refractivity contribution in [1.29, 1.82) is 0 Å². The van der Waals surface area contributed by atoms with Crippen LogP contribution in [0.25, 0.3) is 11.3 Å². The molecule has 0 amide bonds. The lowest BCUT2D eigenvalue weighted by molar-refractivity contribution is 0.0689. The van der Waals surface area contributed by atoms with E-state index in [1.165, 1.54) is 19.2 Å². The molecule has 6 heteroatoms. The predicted octanol–water partition coefficient (Wildman–Crippen LogP) is 3.19. The highest BCUT2D eigenvalue weighted by atomic mass is 19.1. The Hall–Kier alpha value is -2.24. The highest BCUT2D eigenvalue weighted by molar-refractivity contribution is 5.87. The summed E-state index contributed by atoms with van der Waals surface area (Å²) in [6, 6.07) is 3.74. The van der Waals surface area contributed by atoms with Crippen LogP contribution in [0.3, 0.4) is 0 Å². The van der Waals surface area contributed by atoms with Gasteiger partial charge in [0.15, 0.2) is 5.69 Å². The Balaban J connectivity index is 2.69. The van der Waals surface area contributed by atoms with Gasteiger partial charge < -0.3 is 5.11 Å². The van der Waals surface area contributed by atoms with Gasteiger partial charge in [0.05, 0.1) is 11.3 Å². The molecule has 0 fully saturated rings. The number of hydrogen-bond donors (Lipinski definition) is 1. The van der Waals surface area contributed by atoms with Crippen molar-refractivity contribution < 1.29 is 18.7 Å². The van der Waals surface area contributed by atoms with Gasteiger partial charge >= 0.3 is 5.97 Å². The largest absolute Gasteiger partial charge is 0.476 e. The fraction of sp³-hybridized carbons (Fsp3) is 0.286. The molecule has 1 aromatic carbocycles. The molecule has 0 bridgehead atoms. The number of carboxylic acids is 1. The van der Waals surface area contributed by atoms with Crippen LogP contribution in [0.2, 0.25) is 0 Å². The van der Waals surface area contributed by atoms with Gasteiger partial charge in [0, 0.05) is 7.05 Å². The summed E-state index contributed by atoms with van der Waals surface area (Å²) < 4.78 is 29.5. The Morgan fingerprint density at radius 1 is 1.35 bits per heavy atom. The van der Waals surface area contributed by atoms with Gasteiger partial charge in [-0.05, 0) is 23.6 Å². The monoisotopic (exact) mass is 280 g/mol. The minimum absolute atomic E-state index is 0.0971. The molecule has 0 saturated carbocycles. The van der Waals surface area contributed by atoms with Crippen molar-refractivity contribution >= 4 is 5.97 Å². The first-order chi connectivity index (χ1) is 9.32. The maximum Gasteiger partial charge on any atom is 0.356 e. The molecule has 0 radical (unpaired) electrons. The van der Waals surface area contributed by atoms with E-state index < -0.39 is 17.6 Å². The molecule has 106 valence electrons. The molecule has 2 aromatic rings. The lowest BCUT2D eigenvalue weighted by Gasteiger charge is -2.12. The first-order valence-electron chi connectivity index (χ1n) is 6.08. The van der Waals surface area contributed by atoms with Gasteiger partial charge in [-0.3, -0.25) is 4.68 Å². The van der Waals surface area contributed by atoms with Crippen molar-refractivity contribution in [3.8, 4) is 11.3 Å². The van der Waals surface area contributed by atoms with Crippen molar-refractivity contribution in [3.05, 3.63) is 41.1 Å². The van der Waals surface area contributed by atoms with Gasteiger partial charge in [0.1, 0.15) is 11.6 Å². The molecule has 0 aliphatic rings. The topological polar surface area (TPSA) is 55.1 Å². The molecule has 1 heterocycles. The van der Waals surface area contributed by atoms with E-state index in [4.69, 9.17) is 5.11 Å². The molecule has 0 aliphatic carbocycles. The number of carboxylic acid groups (broad SMARTS) is 1. The molecule has 4 nitrogen and oxygen atoms in total. The average molecular weight is 280 g/mol. The third kappa shape index (κ3) is 2.29. The average Bonchev–Trinajstić information content (AvgIpc) is 2.71. The van der Waals surface area contributed by atoms with E-state index in [0.29, 0.717) is 5.56 Å². The molecule has 1 N–H and O–H groups in total. The summed E-state index contributed by atoms with van der Waals surface area (Å²) in [6.45, 7) is 3.60. The van der Waals surface area contributed by atoms with E-state index in [0.717, 1.165) is 10.7 Å². The molecule has 0 atom stereocenters. The van der Waals surface area contributed by atoms with Crippen LogP contribution in [0, 0.1) is 11.6 Å². The fourth-order valence-corrected chi connectivity index (χ4v) is 2.06. The predicted molar refractivity (Wildman–Crippen MR) is 69.6 cm³/mol. The van der Waals surface area contributed by atoms with E-state index in [9.17, 15) is 13.6 Å². The number of hydrogen-bond acceptors (Lipinski definition) is 2. The maximum atomic E-state index is 14.4. The lowest BCUT2D eigenvalue weighted by Crippen LogP contribution is -2.03. The highest BCUT2D eigenvalue weighted by Crippen LogP contribution is 2.31. The SMILES string of the molecule is CC(C)c1ccc(F)c(-c2cc(C(=O)O)nn2C)c1F. The van der Waals surface area contributed by atoms with Gasteiger partial charge in [-0.25, -0.2) is 13.6 Å². The second-order valence-corrected chi connectivity index (χ2v) is 4.82. The maximum absolute atomic E-state index is 14.4. The van der Waals surface area contributed by atoms with E-state index in [1.54, 1.807) is 13.8 Å². The number of halogens is 2. The quantitative estimate of drug-likeness (QED) is 0.939. The van der Waals surface area contributed by atoms with Gasteiger partial charge in [0.25, 0.3) is 0 Å². The van der Waals surface area contributed by atoms with Crippen LogP contribution in [-0.4, -0.2) is 20.9 Å². The number of nitrogens with zero attached hydrogens (tertiary/aromatic N) is 2. The summed E-state index contributed by atoms with van der Waals surface area (Å²) in [5.41, 5.74) is -0.0330. The standard InChI is InChI=1S/C14H14F2N2O2/c1-7(2)8-4-5-9(15)12(13(8)16)11-6-10(14(19)20)17-18(11)3/h4-7H,1-3H3,(H,19,20). The second-order valence-electron chi connectivity index (χ2n) is 4.82. The number of carbonyl (C=O) groups is 1. The van der Waals surface area contributed by atoms with Gasteiger partial charge in [-0.2, -0.15) is 5.10 Å². The zero-order chi connectivity index (χ0) is 15.0. The Bertz CT molecular complexity index is 678. The summed E-state index contributed by atoms with van der Waals surface area (Å²) in [5.74, 6) is -2.78. The van der Waals surface area contributed by atoms with Crippen LogP contribution >= 0.6 is 0 Å². The van der Waals surface area contributed by atoms with Gasteiger partial charge in [-0.1, -0.05) is 19.9 Å².